The average molecular weight is 327 g/mol. The summed E-state index contributed by atoms with van der Waals surface area (Å²) in [6.07, 6.45) is 0. The van der Waals surface area contributed by atoms with Crippen LogP contribution in [-0.2, 0) is 4.79 Å². The zero-order chi connectivity index (χ0) is 17.4. The van der Waals surface area contributed by atoms with Crippen molar-refractivity contribution in [3.05, 3.63) is 48.5 Å². The van der Waals surface area contributed by atoms with Gasteiger partial charge in [0.1, 0.15) is 5.75 Å². The van der Waals surface area contributed by atoms with Crippen molar-refractivity contribution in [2.45, 2.75) is 13.8 Å². The molecule has 1 amide bonds. The lowest BCUT2D eigenvalue weighted by Gasteiger charge is -2.21. The highest BCUT2D eigenvalue weighted by Gasteiger charge is 2.05. The molecule has 0 unspecified atom stereocenters. The van der Waals surface area contributed by atoms with Crippen molar-refractivity contribution in [3.8, 4) is 5.75 Å². The van der Waals surface area contributed by atoms with E-state index < -0.39 is 0 Å². The summed E-state index contributed by atoms with van der Waals surface area (Å²) >= 11 is 0. The predicted octanol–water partition coefficient (Wildman–Crippen LogP) is 3.59. The van der Waals surface area contributed by atoms with E-state index >= 15 is 0 Å². The number of anilines is 3. The van der Waals surface area contributed by atoms with Gasteiger partial charge >= 0.3 is 0 Å². The minimum Gasteiger partial charge on any atom is -0.497 e. The van der Waals surface area contributed by atoms with Crippen LogP contribution in [0.2, 0.25) is 0 Å². The van der Waals surface area contributed by atoms with Gasteiger partial charge in [-0.3, -0.25) is 4.79 Å². The van der Waals surface area contributed by atoms with E-state index in [1.54, 1.807) is 7.11 Å². The van der Waals surface area contributed by atoms with Gasteiger partial charge in [-0.05, 0) is 50.2 Å². The number of ether oxygens (including phenoxy) is 1. The number of carbonyl (C=O) groups is 1. The fourth-order valence-corrected chi connectivity index (χ4v) is 2.46. The second-order valence-electron chi connectivity index (χ2n) is 5.35. The molecule has 5 nitrogen and oxygen atoms in total. The van der Waals surface area contributed by atoms with Gasteiger partial charge in [-0.25, -0.2) is 0 Å². The van der Waals surface area contributed by atoms with Crippen molar-refractivity contribution in [1.82, 2.24) is 0 Å². The van der Waals surface area contributed by atoms with E-state index in [2.05, 4.69) is 29.4 Å². The Labute approximate surface area is 143 Å². The summed E-state index contributed by atoms with van der Waals surface area (Å²) in [5.41, 5.74) is 2.80. The van der Waals surface area contributed by atoms with Crippen LogP contribution in [0.3, 0.4) is 0 Å². The van der Waals surface area contributed by atoms with Crippen LogP contribution >= 0.6 is 0 Å². The molecule has 0 fully saturated rings. The van der Waals surface area contributed by atoms with Crippen LogP contribution in [0.15, 0.2) is 48.5 Å². The van der Waals surface area contributed by atoms with Crippen LogP contribution in [0.1, 0.15) is 13.8 Å². The summed E-state index contributed by atoms with van der Waals surface area (Å²) in [6.45, 7) is 6.39. The smallest absolute Gasteiger partial charge is 0.243 e. The van der Waals surface area contributed by atoms with Crippen molar-refractivity contribution in [3.63, 3.8) is 0 Å². The first-order chi connectivity index (χ1) is 11.7. The lowest BCUT2D eigenvalue weighted by Crippen LogP contribution is -2.23. The van der Waals surface area contributed by atoms with Crippen molar-refractivity contribution >= 4 is 23.0 Å². The van der Waals surface area contributed by atoms with E-state index in [0.717, 1.165) is 35.9 Å². The Morgan fingerprint density at radius 3 is 2.38 bits per heavy atom. The monoisotopic (exact) mass is 327 g/mol. The summed E-state index contributed by atoms with van der Waals surface area (Å²) in [5, 5.41) is 5.98. The standard InChI is InChI=1S/C19H25N3O2/c1-4-22(5-2)17-11-9-15(10-12-17)21-19(23)14-20-16-7-6-8-18(13-16)24-3/h6-13,20H,4-5,14H2,1-3H3,(H,21,23). The van der Waals surface area contributed by atoms with Gasteiger partial charge in [0.2, 0.25) is 5.91 Å². The molecule has 0 bridgehead atoms. The topological polar surface area (TPSA) is 53.6 Å². The van der Waals surface area contributed by atoms with Gasteiger partial charge in [0.05, 0.1) is 13.7 Å². The fraction of sp³-hybridized carbons (Fsp3) is 0.316. The maximum atomic E-state index is 12.1. The van der Waals surface area contributed by atoms with E-state index in [-0.39, 0.29) is 12.5 Å². The molecule has 2 N–H and O–H groups in total. The molecule has 5 heteroatoms. The van der Waals surface area contributed by atoms with Crippen LogP contribution in [0.25, 0.3) is 0 Å². The van der Waals surface area contributed by atoms with Crippen molar-refractivity contribution in [2.75, 3.05) is 42.3 Å². The third kappa shape index (κ3) is 4.91. The molecule has 0 aliphatic carbocycles. The van der Waals surface area contributed by atoms with Crippen LogP contribution in [0.5, 0.6) is 5.75 Å². The Balaban J connectivity index is 1.87. The molecule has 0 aliphatic rings. The van der Waals surface area contributed by atoms with Gasteiger partial charge in [0.15, 0.2) is 0 Å². The molecule has 0 heterocycles. The second-order valence-corrected chi connectivity index (χ2v) is 5.35. The lowest BCUT2D eigenvalue weighted by molar-refractivity contribution is -0.114. The van der Waals surface area contributed by atoms with Gasteiger partial charge < -0.3 is 20.3 Å². The lowest BCUT2D eigenvalue weighted by atomic mass is 10.2. The predicted molar refractivity (Wildman–Crippen MR) is 100 cm³/mol. The average Bonchev–Trinajstić information content (AvgIpc) is 2.62. The Morgan fingerprint density at radius 1 is 1.04 bits per heavy atom. The summed E-state index contributed by atoms with van der Waals surface area (Å²) in [5.74, 6) is 0.667. The molecule has 128 valence electrons. The molecule has 2 aromatic rings. The van der Waals surface area contributed by atoms with Gasteiger partial charge in [-0.2, -0.15) is 0 Å². The van der Waals surface area contributed by atoms with Crippen molar-refractivity contribution < 1.29 is 9.53 Å². The molecule has 2 aromatic carbocycles. The molecule has 0 aliphatic heterocycles. The normalized spacial score (nSPS) is 10.1. The van der Waals surface area contributed by atoms with Crippen LogP contribution < -0.4 is 20.3 Å². The number of hydrogen-bond donors (Lipinski definition) is 2. The van der Waals surface area contributed by atoms with E-state index in [4.69, 9.17) is 4.74 Å². The van der Waals surface area contributed by atoms with Gasteiger partial charge in [0, 0.05) is 36.2 Å². The fourth-order valence-electron chi connectivity index (χ4n) is 2.46. The molecule has 0 spiro atoms. The van der Waals surface area contributed by atoms with Gasteiger partial charge in [-0.15, -0.1) is 0 Å². The first-order valence-corrected chi connectivity index (χ1v) is 8.19. The molecule has 0 atom stereocenters. The first kappa shape index (κ1) is 17.7. The molecule has 24 heavy (non-hydrogen) atoms. The SMILES string of the molecule is CCN(CC)c1ccc(NC(=O)CNc2cccc(OC)c2)cc1. The molecular weight excluding hydrogens is 302 g/mol. The molecule has 0 radical (unpaired) electrons. The summed E-state index contributed by atoms with van der Waals surface area (Å²) in [6, 6.07) is 15.4. The minimum atomic E-state index is -0.0894. The third-order valence-corrected chi connectivity index (χ3v) is 3.80. The Hall–Kier alpha value is -2.69. The number of nitrogens with zero attached hydrogens (tertiary/aromatic N) is 1. The highest BCUT2D eigenvalue weighted by Crippen LogP contribution is 2.18. The van der Waals surface area contributed by atoms with Gasteiger partial charge in [-0.1, -0.05) is 6.07 Å². The summed E-state index contributed by atoms with van der Waals surface area (Å²) in [7, 11) is 1.62. The Morgan fingerprint density at radius 2 is 1.75 bits per heavy atom. The number of rotatable bonds is 8. The number of nitrogens with one attached hydrogen (secondary N) is 2. The van der Waals surface area contributed by atoms with Crippen LogP contribution in [-0.4, -0.2) is 32.7 Å². The maximum absolute atomic E-state index is 12.1. The van der Waals surface area contributed by atoms with Crippen molar-refractivity contribution in [1.29, 1.82) is 0 Å². The van der Waals surface area contributed by atoms with Crippen molar-refractivity contribution in [2.24, 2.45) is 0 Å². The number of carbonyl (C=O) groups excluding carboxylic acids is 1. The molecule has 2 rings (SSSR count). The second kappa shape index (κ2) is 8.82. The highest BCUT2D eigenvalue weighted by molar-refractivity contribution is 5.93. The molecule has 0 aromatic heterocycles. The van der Waals surface area contributed by atoms with Gasteiger partial charge in [0.25, 0.3) is 0 Å². The van der Waals surface area contributed by atoms with E-state index in [0.29, 0.717) is 0 Å². The van der Waals surface area contributed by atoms with Crippen LogP contribution in [0, 0.1) is 0 Å². The van der Waals surface area contributed by atoms with E-state index in [9.17, 15) is 4.79 Å². The van der Waals surface area contributed by atoms with Crippen LogP contribution in [0.4, 0.5) is 17.1 Å². The third-order valence-electron chi connectivity index (χ3n) is 3.80. The zero-order valence-corrected chi connectivity index (χ0v) is 14.5. The Bertz CT molecular complexity index is 652. The highest BCUT2D eigenvalue weighted by atomic mass is 16.5. The first-order valence-electron chi connectivity index (χ1n) is 8.19. The molecular formula is C19H25N3O2. The number of hydrogen-bond acceptors (Lipinski definition) is 4. The number of amides is 1. The quantitative estimate of drug-likeness (QED) is 0.778. The van der Waals surface area contributed by atoms with E-state index in [1.807, 2.05) is 48.5 Å². The summed E-state index contributed by atoms with van der Waals surface area (Å²) < 4.78 is 5.16. The van der Waals surface area contributed by atoms with E-state index in [1.165, 1.54) is 0 Å². The molecule has 0 saturated carbocycles. The largest absolute Gasteiger partial charge is 0.497 e. The number of methoxy groups -OCH3 is 1. The number of benzene rings is 2. The molecule has 0 saturated heterocycles. The minimum absolute atomic E-state index is 0.0894. The Kier molecular flexibility index (Phi) is 6.49. The zero-order valence-electron chi connectivity index (χ0n) is 14.5. The summed E-state index contributed by atoms with van der Waals surface area (Å²) in [4.78, 5) is 14.3. The maximum Gasteiger partial charge on any atom is 0.243 e.